The number of hydrogen-bond donors (Lipinski definition) is 1. The molecule has 1 saturated heterocycles. The number of benzene rings is 2. The lowest BCUT2D eigenvalue weighted by Gasteiger charge is -2.27. The van der Waals surface area contributed by atoms with Gasteiger partial charge in [-0.3, -0.25) is 9.20 Å². The molecule has 166 valence electrons. The molecular weight excluding hydrogens is 423 g/mol. The van der Waals surface area contributed by atoms with Gasteiger partial charge in [0.2, 0.25) is 5.91 Å². The van der Waals surface area contributed by atoms with Crippen molar-refractivity contribution < 1.29 is 13.9 Å². The molecule has 0 radical (unpaired) electrons. The summed E-state index contributed by atoms with van der Waals surface area (Å²) in [5, 5.41) is 1.19. The van der Waals surface area contributed by atoms with E-state index in [9.17, 15) is 9.18 Å². The third-order valence-electron chi connectivity index (χ3n) is 6.17. The van der Waals surface area contributed by atoms with Crippen LogP contribution >= 0.6 is 0 Å². The number of carbonyl (C=O) groups excluding carboxylic acids is 1. The maximum Gasteiger partial charge on any atom is 0.245 e. The molecule has 0 aliphatic carbocycles. The van der Waals surface area contributed by atoms with Crippen molar-refractivity contribution in [3.05, 3.63) is 66.2 Å². The van der Waals surface area contributed by atoms with Crippen molar-refractivity contribution in [2.45, 2.75) is 6.42 Å². The van der Waals surface area contributed by atoms with Crippen LogP contribution in [0.5, 0.6) is 0 Å². The number of aromatic nitrogens is 3. The van der Waals surface area contributed by atoms with Gasteiger partial charge in [0, 0.05) is 36.6 Å². The van der Waals surface area contributed by atoms with E-state index in [1.807, 2.05) is 28.8 Å². The van der Waals surface area contributed by atoms with Gasteiger partial charge in [-0.25, -0.2) is 25.2 Å². The van der Waals surface area contributed by atoms with Gasteiger partial charge < -0.3 is 9.64 Å². The predicted octanol–water partition coefficient (Wildman–Crippen LogP) is 2.80. The first-order chi connectivity index (χ1) is 16.1. The molecule has 9 heteroatoms. The molecule has 0 saturated carbocycles. The van der Waals surface area contributed by atoms with Crippen LogP contribution in [0.4, 0.5) is 15.9 Å². The number of morpholine rings is 1. The number of hydrazine groups is 1. The van der Waals surface area contributed by atoms with E-state index >= 15 is 0 Å². The van der Waals surface area contributed by atoms with Gasteiger partial charge in [0.15, 0.2) is 11.5 Å². The lowest BCUT2D eigenvalue weighted by molar-refractivity contribution is -0.117. The van der Waals surface area contributed by atoms with E-state index < -0.39 is 0 Å². The van der Waals surface area contributed by atoms with Crippen LogP contribution in [0.15, 0.2) is 54.9 Å². The molecular formula is C24H21FN6O2. The number of nitrogens with two attached hydrogens (primary N) is 1. The molecule has 4 aromatic rings. The van der Waals surface area contributed by atoms with Crippen LogP contribution in [0.25, 0.3) is 28.2 Å². The van der Waals surface area contributed by atoms with Crippen molar-refractivity contribution in [3.63, 3.8) is 0 Å². The third kappa shape index (κ3) is 3.24. The van der Waals surface area contributed by atoms with E-state index in [1.54, 1.807) is 18.3 Å². The summed E-state index contributed by atoms with van der Waals surface area (Å²) >= 11 is 0. The topological polar surface area (TPSA) is 89.0 Å². The summed E-state index contributed by atoms with van der Waals surface area (Å²) in [7, 11) is 0. The second-order valence-electron chi connectivity index (χ2n) is 8.14. The number of amides is 1. The van der Waals surface area contributed by atoms with Crippen LogP contribution in [0.1, 0.15) is 5.56 Å². The number of fused-ring (bicyclic) bond motifs is 2. The summed E-state index contributed by atoms with van der Waals surface area (Å²) in [6.45, 7) is 2.73. The van der Waals surface area contributed by atoms with Crippen molar-refractivity contribution in [1.29, 1.82) is 0 Å². The number of anilines is 2. The quantitative estimate of drug-likeness (QED) is 0.386. The maximum atomic E-state index is 13.7. The van der Waals surface area contributed by atoms with Crippen molar-refractivity contribution in [2.24, 2.45) is 5.84 Å². The van der Waals surface area contributed by atoms with E-state index in [4.69, 9.17) is 15.6 Å². The smallest absolute Gasteiger partial charge is 0.245 e. The number of hydrogen-bond acceptors (Lipinski definition) is 6. The third-order valence-corrected chi connectivity index (χ3v) is 6.17. The Hall–Kier alpha value is -3.82. The summed E-state index contributed by atoms with van der Waals surface area (Å²) < 4.78 is 21.2. The van der Waals surface area contributed by atoms with Gasteiger partial charge in [-0.05, 0) is 42.0 Å². The highest BCUT2D eigenvalue weighted by atomic mass is 19.1. The van der Waals surface area contributed by atoms with Crippen molar-refractivity contribution in [3.8, 4) is 22.5 Å². The van der Waals surface area contributed by atoms with Gasteiger partial charge in [0.1, 0.15) is 5.82 Å². The van der Waals surface area contributed by atoms with Crippen LogP contribution in [0.2, 0.25) is 0 Å². The Morgan fingerprint density at radius 3 is 2.58 bits per heavy atom. The molecule has 33 heavy (non-hydrogen) atoms. The van der Waals surface area contributed by atoms with E-state index in [0.29, 0.717) is 30.2 Å². The number of halogens is 1. The summed E-state index contributed by atoms with van der Waals surface area (Å²) in [6, 6.07) is 12.1. The first-order valence-electron chi connectivity index (χ1n) is 10.8. The molecule has 0 unspecified atom stereocenters. The first-order valence-corrected chi connectivity index (χ1v) is 10.8. The average Bonchev–Trinajstić information content (AvgIpc) is 3.37. The first kappa shape index (κ1) is 19.8. The summed E-state index contributed by atoms with van der Waals surface area (Å²) in [5.74, 6) is 6.22. The highest BCUT2D eigenvalue weighted by molar-refractivity contribution is 6.01. The van der Waals surface area contributed by atoms with Crippen LogP contribution in [-0.2, 0) is 16.0 Å². The van der Waals surface area contributed by atoms with Gasteiger partial charge in [-0.15, -0.1) is 0 Å². The Balaban J connectivity index is 1.58. The Morgan fingerprint density at radius 2 is 1.79 bits per heavy atom. The minimum atomic E-state index is -0.307. The SMILES string of the molecule is NN1C(=O)Cc2cc(-c3c(-c4ccc(F)cc4)nc4c(N5CCOCC5)nccn34)ccc21. The second kappa shape index (κ2) is 7.65. The standard InChI is InChI=1S/C24H21FN6O2/c25-18-4-1-15(2-5-18)21-22(16-3-6-19-17(13-16)14-20(32)31(19)26)30-8-7-27-23(24(30)28-21)29-9-11-33-12-10-29/h1-8,13H,9-12,14,26H2. The minimum absolute atomic E-state index is 0.141. The van der Waals surface area contributed by atoms with E-state index in [-0.39, 0.29) is 18.1 Å². The second-order valence-corrected chi connectivity index (χ2v) is 8.14. The van der Waals surface area contributed by atoms with Crippen molar-refractivity contribution in [1.82, 2.24) is 14.4 Å². The van der Waals surface area contributed by atoms with E-state index in [2.05, 4.69) is 9.88 Å². The Labute approximate surface area is 189 Å². The number of imidazole rings is 1. The van der Waals surface area contributed by atoms with Crippen LogP contribution < -0.4 is 15.8 Å². The zero-order valence-corrected chi connectivity index (χ0v) is 17.7. The molecule has 1 amide bonds. The molecule has 1 fully saturated rings. The molecule has 8 nitrogen and oxygen atoms in total. The molecule has 4 heterocycles. The summed E-state index contributed by atoms with van der Waals surface area (Å²) in [5.41, 5.74) is 5.53. The molecule has 0 spiro atoms. The fourth-order valence-corrected chi connectivity index (χ4v) is 4.54. The van der Waals surface area contributed by atoms with Crippen LogP contribution in [0.3, 0.4) is 0 Å². The van der Waals surface area contributed by atoms with Gasteiger partial charge in [-0.1, -0.05) is 6.07 Å². The molecule has 2 aromatic carbocycles. The Kier molecular flexibility index (Phi) is 4.60. The molecule has 0 atom stereocenters. The molecule has 2 aromatic heterocycles. The highest BCUT2D eigenvalue weighted by Crippen LogP contribution is 2.38. The largest absolute Gasteiger partial charge is 0.378 e. The zero-order chi connectivity index (χ0) is 22.5. The molecule has 2 aliphatic rings. The van der Waals surface area contributed by atoms with Crippen LogP contribution in [0, 0.1) is 5.82 Å². The van der Waals surface area contributed by atoms with E-state index in [0.717, 1.165) is 41.3 Å². The number of ether oxygens (including phenoxy) is 1. The lowest BCUT2D eigenvalue weighted by Crippen LogP contribution is -2.37. The molecule has 2 N–H and O–H groups in total. The van der Waals surface area contributed by atoms with Gasteiger partial charge in [0.25, 0.3) is 0 Å². The number of nitrogens with zero attached hydrogens (tertiary/aromatic N) is 5. The minimum Gasteiger partial charge on any atom is -0.378 e. The monoisotopic (exact) mass is 444 g/mol. The summed E-state index contributed by atoms with van der Waals surface area (Å²) in [4.78, 5) is 23.9. The lowest BCUT2D eigenvalue weighted by atomic mass is 10.0. The van der Waals surface area contributed by atoms with Crippen molar-refractivity contribution >= 4 is 23.1 Å². The normalized spacial score (nSPS) is 16.0. The zero-order valence-electron chi connectivity index (χ0n) is 17.7. The van der Waals surface area contributed by atoms with Crippen LogP contribution in [-0.4, -0.2) is 46.6 Å². The number of rotatable bonds is 3. The van der Waals surface area contributed by atoms with Crippen molar-refractivity contribution in [2.75, 3.05) is 36.2 Å². The predicted molar refractivity (Wildman–Crippen MR) is 122 cm³/mol. The Bertz CT molecular complexity index is 1380. The maximum absolute atomic E-state index is 13.7. The fourth-order valence-electron chi connectivity index (χ4n) is 4.54. The average molecular weight is 444 g/mol. The number of carbonyl (C=O) groups is 1. The Morgan fingerprint density at radius 1 is 1.03 bits per heavy atom. The highest BCUT2D eigenvalue weighted by Gasteiger charge is 2.27. The molecule has 6 rings (SSSR count). The summed E-state index contributed by atoms with van der Waals surface area (Å²) in [6.07, 6.45) is 3.89. The van der Waals surface area contributed by atoms with E-state index in [1.165, 1.54) is 17.1 Å². The fraction of sp³-hybridized carbons (Fsp3) is 0.208. The molecule has 2 aliphatic heterocycles. The van der Waals surface area contributed by atoms with Gasteiger partial charge in [0.05, 0.1) is 36.7 Å². The van der Waals surface area contributed by atoms with Gasteiger partial charge >= 0.3 is 0 Å². The molecule has 0 bridgehead atoms. The van der Waals surface area contributed by atoms with Gasteiger partial charge in [-0.2, -0.15) is 0 Å².